The molecule has 5 aromatic rings. The lowest BCUT2D eigenvalue weighted by molar-refractivity contribution is 0.0704. The summed E-state index contributed by atoms with van der Waals surface area (Å²) in [5, 5.41) is 8.72. The van der Waals surface area contributed by atoms with Gasteiger partial charge in [0.25, 0.3) is 5.91 Å². The number of aromatic nitrogens is 5. The fraction of sp³-hybridized carbons (Fsp3) is 0.231. The predicted octanol–water partition coefficient (Wildman–Crippen LogP) is 4.40. The van der Waals surface area contributed by atoms with E-state index in [1.54, 1.807) is 0 Å². The second-order valence-corrected chi connectivity index (χ2v) is 8.61. The van der Waals surface area contributed by atoms with Crippen LogP contribution < -0.4 is 0 Å². The van der Waals surface area contributed by atoms with Crippen molar-refractivity contribution in [1.82, 2.24) is 29.0 Å². The average Bonchev–Trinajstić information content (AvgIpc) is 3.44. The molecule has 6 rings (SSSR count). The van der Waals surface area contributed by atoms with Crippen LogP contribution in [0.4, 0.5) is 0 Å². The number of imidazole rings is 1. The van der Waals surface area contributed by atoms with Crippen molar-refractivity contribution in [3.05, 3.63) is 90.1 Å². The summed E-state index contributed by atoms with van der Waals surface area (Å²) in [5.41, 5.74) is 4.41. The fourth-order valence-electron chi connectivity index (χ4n) is 4.93. The Balaban J connectivity index is 1.29. The number of pyridine rings is 1. The number of likely N-dealkylation sites (tertiary alicyclic amines) is 1. The summed E-state index contributed by atoms with van der Waals surface area (Å²) < 4.78 is 4.15. The standard InChI is InChI=1S/C26H24N6O/c1-18-27-22-16-19(12-13-23(22)32(18)21-9-3-2-4-10-21)26(33)30-14-7-8-20(17-30)25-29-28-24-11-5-6-15-31(24)25/h2-6,9-13,15-16,20H,7-8,14,17H2,1H3. The lowest BCUT2D eigenvalue weighted by Gasteiger charge is -2.32. The minimum atomic E-state index is 0.0438. The molecule has 1 saturated heterocycles. The van der Waals surface area contributed by atoms with E-state index in [0.717, 1.165) is 53.4 Å². The van der Waals surface area contributed by atoms with E-state index in [2.05, 4.69) is 26.9 Å². The number of hydrogen-bond donors (Lipinski definition) is 0. The fourth-order valence-corrected chi connectivity index (χ4v) is 4.93. The zero-order valence-electron chi connectivity index (χ0n) is 18.4. The molecule has 0 spiro atoms. The molecule has 1 aliphatic rings. The molecule has 7 heteroatoms. The van der Waals surface area contributed by atoms with E-state index in [-0.39, 0.29) is 11.8 Å². The van der Waals surface area contributed by atoms with Crippen molar-refractivity contribution in [3.8, 4) is 5.69 Å². The van der Waals surface area contributed by atoms with Crippen molar-refractivity contribution >= 4 is 22.6 Å². The maximum Gasteiger partial charge on any atom is 0.253 e. The van der Waals surface area contributed by atoms with Crippen LogP contribution in [0, 0.1) is 6.92 Å². The number of fused-ring (bicyclic) bond motifs is 2. The third-order valence-corrected chi connectivity index (χ3v) is 6.50. The number of aryl methyl sites for hydroxylation is 1. The number of hydrogen-bond acceptors (Lipinski definition) is 4. The van der Waals surface area contributed by atoms with Crippen LogP contribution >= 0.6 is 0 Å². The smallest absolute Gasteiger partial charge is 0.253 e. The molecule has 4 heterocycles. The first-order chi connectivity index (χ1) is 16.2. The number of rotatable bonds is 3. The third kappa shape index (κ3) is 3.36. The van der Waals surface area contributed by atoms with Crippen LogP contribution in [-0.4, -0.2) is 48.0 Å². The summed E-state index contributed by atoms with van der Waals surface area (Å²) in [4.78, 5) is 20.1. The van der Waals surface area contributed by atoms with Crippen LogP contribution in [0.3, 0.4) is 0 Å². The summed E-state index contributed by atoms with van der Waals surface area (Å²) in [6.07, 6.45) is 3.94. The molecule has 0 bridgehead atoms. The first kappa shape index (κ1) is 19.7. The van der Waals surface area contributed by atoms with E-state index in [9.17, 15) is 4.79 Å². The lowest BCUT2D eigenvalue weighted by Crippen LogP contribution is -2.39. The van der Waals surface area contributed by atoms with Gasteiger partial charge in [0.05, 0.1) is 11.0 Å². The molecule has 7 nitrogen and oxygen atoms in total. The van der Waals surface area contributed by atoms with Gasteiger partial charge in [0, 0.05) is 36.5 Å². The summed E-state index contributed by atoms with van der Waals surface area (Å²) >= 11 is 0. The Morgan fingerprint density at radius 3 is 2.73 bits per heavy atom. The largest absolute Gasteiger partial charge is 0.338 e. The van der Waals surface area contributed by atoms with Gasteiger partial charge in [0.15, 0.2) is 5.65 Å². The van der Waals surface area contributed by atoms with Crippen molar-refractivity contribution in [1.29, 1.82) is 0 Å². The lowest BCUT2D eigenvalue weighted by atomic mass is 9.96. The van der Waals surface area contributed by atoms with Crippen LogP contribution in [0.1, 0.15) is 40.8 Å². The van der Waals surface area contributed by atoms with E-state index >= 15 is 0 Å². The van der Waals surface area contributed by atoms with Crippen LogP contribution in [0.15, 0.2) is 72.9 Å². The van der Waals surface area contributed by atoms with Gasteiger partial charge in [-0.05, 0) is 62.2 Å². The first-order valence-corrected chi connectivity index (χ1v) is 11.3. The van der Waals surface area contributed by atoms with Gasteiger partial charge >= 0.3 is 0 Å². The summed E-state index contributed by atoms with van der Waals surface area (Å²) in [6.45, 7) is 3.39. The predicted molar refractivity (Wildman–Crippen MR) is 127 cm³/mol. The highest BCUT2D eigenvalue weighted by atomic mass is 16.2. The minimum Gasteiger partial charge on any atom is -0.338 e. The molecule has 33 heavy (non-hydrogen) atoms. The molecule has 1 unspecified atom stereocenters. The highest BCUT2D eigenvalue weighted by Gasteiger charge is 2.28. The quantitative estimate of drug-likeness (QED) is 0.421. The molecular formula is C26H24N6O. The average molecular weight is 437 g/mol. The number of para-hydroxylation sites is 1. The van der Waals surface area contributed by atoms with Crippen molar-refractivity contribution in [2.24, 2.45) is 0 Å². The number of benzene rings is 2. The Morgan fingerprint density at radius 2 is 1.85 bits per heavy atom. The monoisotopic (exact) mass is 436 g/mol. The van der Waals surface area contributed by atoms with Crippen LogP contribution in [0.5, 0.6) is 0 Å². The highest BCUT2D eigenvalue weighted by Crippen LogP contribution is 2.28. The van der Waals surface area contributed by atoms with Gasteiger partial charge in [-0.15, -0.1) is 10.2 Å². The third-order valence-electron chi connectivity index (χ3n) is 6.50. The Hall–Kier alpha value is -4.00. The van der Waals surface area contributed by atoms with Gasteiger partial charge in [-0.2, -0.15) is 0 Å². The SMILES string of the molecule is Cc1nc2cc(C(=O)N3CCCC(c4nnc5ccccn45)C3)ccc2n1-c1ccccc1. The molecule has 3 aromatic heterocycles. The van der Waals surface area contributed by atoms with Crippen molar-refractivity contribution in [3.63, 3.8) is 0 Å². The maximum atomic E-state index is 13.4. The number of amides is 1. The molecule has 0 radical (unpaired) electrons. The van der Waals surface area contributed by atoms with E-state index in [4.69, 9.17) is 4.98 Å². The second kappa shape index (κ2) is 7.85. The molecular weight excluding hydrogens is 412 g/mol. The molecule has 0 N–H and O–H groups in total. The Labute approximate surface area is 191 Å². The van der Waals surface area contributed by atoms with Gasteiger partial charge in [0.2, 0.25) is 0 Å². The summed E-state index contributed by atoms with van der Waals surface area (Å²) in [6, 6.07) is 21.9. The number of carbonyl (C=O) groups excluding carboxylic acids is 1. The normalized spacial score (nSPS) is 16.5. The molecule has 1 aliphatic heterocycles. The second-order valence-electron chi connectivity index (χ2n) is 8.61. The molecule has 164 valence electrons. The van der Waals surface area contributed by atoms with Crippen LogP contribution in [0.25, 0.3) is 22.4 Å². The van der Waals surface area contributed by atoms with Gasteiger partial charge in [0.1, 0.15) is 11.6 Å². The molecule has 1 fully saturated rings. The van der Waals surface area contributed by atoms with E-state index in [1.807, 2.05) is 77.0 Å². The van der Waals surface area contributed by atoms with Crippen LogP contribution in [-0.2, 0) is 0 Å². The van der Waals surface area contributed by atoms with Gasteiger partial charge in [-0.3, -0.25) is 13.8 Å². The Kier molecular flexibility index (Phi) is 4.68. The van der Waals surface area contributed by atoms with Crippen molar-refractivity contribution < 1.29 is 4.79 Å². The molecule has 1 atom stereocenters. The van der Waals surface area contributed by atoms with E-state index < -0.39 is 0 Å². The molecule has 1 amide bonds. The molecule has 0 saturated carbocycles. The Bertz CT molecular complexity index is 1470. The molecule has 2 aromatic carbocycles. The van der Waals surface area contributed by atoms with Gasteiger partial charge in [-0.25, -0.2) is 4.98 Å². The number of piperidine rings is 1. The van der Waals surface area contributed by atoms with Crippen LogP contribution in [0.2, 0.25) is 0 Å². The zero-order chi connectivity index (χ0) is 22.4. The number of carbonyl (C=O) groups is 1. The van der Waals surface area contributed by atoms with Gasteiger partial charge < -0.3 is 4.90 Å². The molecule has 0 aliphatic carbocycles. The number of nitrogens with zero attached hydrogens (tertiary/aromatic N) is 6. The minimum absolute atomic E-state index is 0.0438. The summed E-state index contributed by atoms with van der Waals surface area (Å²) in [7, 11) is 0. The zero-order valence-corrected chi connectivity index (χ0v) is 18.4. The Morgan fingerprint density at radius 1 is 1.00 bits per heavy atom. The van der Waals surface area contributed by atoms with E-state index in [1.165, 1.54) is 0 Å². The summed E-state index contributed by atoms with van der Waals surface area (Å²) in [5.74, 6) is 2.04. The van der Waals surface area contributed by atoms with Crippen molar-refractivity contribution in [2.45, 2.75) is 25.7 Å². The van der Waals surface area contributed by atoms with E-state index in [0.29, 0.717) is 12.1 Å². The van der Waals surface area contributed by atoms with Crippen molar-refractivity contribution in [2.75, 3.05) is 13.1 Å². The first-order valence-electron chi connectivity index (χ1n) is 11.3. The van der Waals surface area contributed by atoms with Gasteiger partial charge in [-0.1, -0.05) is 24.3 Å². The maximum absolute atomic E-state index is 13.4. The highest BCUT2D eigenvalue weighted by molar-refractivity contribution is 5.97. The topological polar surface area (TPSA) is 68.3 Å².